The van der Waals surface area contributed by atoms with Crippen molar-refractivity contribution < 1.29 is 17.6 Å². The van der Waals surface area contributed by atoms with Gasteiger partial charge in [0.15, 0.2) is 0 Å². The van der Waals surface area contributed by atoms with Gasteiger partial charge in [0.25, 0.3) is 0 Å². The minimum Gasteiger partial charge on any atom is -0.329 e. The molecule has 1 aromatic carbocycles. The van der Waals surface area contributed by atoms with E-state index in [1.807, 2.05) is 11.5 Å². The topological polar surface area (TPSA) is 35.6 Å². The molecule has 3 rings (SSSR count). The Morgan fingerprint density at radius 1 is 1.12 bits per heavy atom. The second-order valence-electron chi connectivity index (χ2n) is 5.07. The Hall–Kier alpha value is -2.35. The lowest BCUT2D eigenvalue weighted by Gasteiger charge is -2.09. The molecule has 0 bridgehead atoms. The highest BCUT2D eigenvalue weighted by molar-refractivity contribution is 5.85. The molecule has 0 aliphatic carbocycles. The number of hydrogen-bond acceptors (Lipinski definition) is 2. The molecule has 0 unspecified atom stereocenters. The monoisotopic (exact) mass is 360 g/mol. The SMILES string of the molecule is Cc1nccn1Cc1cn(-c2cc(F)cc(C(F)(F)F)c2)cn1.Cl. The second-order valence-corrected chi connectivity index (χ2v) is 5.07. The largest absolute Gasteiger partial charge is 0.416 e. The van der Waals surface area contributed by atoms with Gasteiger partial charge in [-0.3, -0.25) is 0 Å². The van der Waals surface area contributed by atoms with Gasteiger partial charge in [-0.05, 0) is 25.1 Å². The number of aromatic nitrogens is 4. The normalized spacial score (nSPS) is 11.4. The smallest absolute Gasteiger partial charge is 0.329 e. The molecule has 0 atom stereocenters. The van der Waals surface area contributed by atoms with Crippen LogP contribution in [0.5, 0.6) is 0 Å². The van der Waals surface area contributed by atoms with Crippen molar-refractivity contribution in [3.8, 4) is 5.69 Å². The molecule has 0 amide bonds. The Morgan fingerprint density at radius 2 is 1.88 bits per heavy atom. The third-order valence-electron chi connectivity index (χ3n) is 3.40. The van der Waals surface area contributed by atoms with Crippen molar-refractivity contribution in [2.45, 2.75) is 19.6 Å². The molecule has 0 fully saturated rings. The van der Waals surface area contributed by atoms with Crippen LogP contribution in [0.15, 0.2) is 43.1 Å². The van der Waals surface area contributed by atoms with Crippen LogP contribution in [0.1, 0.15) is 17.1 Å². The highest BCUT2D eigenvalue weighted by atomic mass is 35.5. The fourth-order valence-corrected chi connectivity index (χ4v) is 2.22. The van der Waals surface area contributed by atoms with E-state index >= 15 is 0 Å². The van der Waals surface area contributed by atoms with Crippen molar-refractivity contribution in [3.63, 3.8) is 0 Å². The Balaban J connectivity index is 0.00000208. The van der Waals surface area contributed by atoms with Crippen molar-refractivity contribution in [2.24, 2.45) is 0 Å². The summed E-state index contributed by atoms with van der Waals surface area (Å²) in [7, 11) is 0. The van der Waals surface area contributed by atoms with Crippen LogP contribution in [-0.2, 0) is 12.7 Å². The number of alkyl halides is 3. The molecular weight excluding hydrogens is 348 g/mol. The van der Waals surface area contributed by atoms with Crippen LogP contribution in [0, 0.1) is 12.7 Å². The van der Waals surface area contributed by atoms with Crippen molar-refractivity contribution in [3.05, 3.63) is 66.0 Å². The number of rotatable bonds is 3. The van der Waals surface area contributed by atoms with E-state index in [4.69, 9.17) is 0 Å². The van der Waals surface area contributed by atoms with Gasteiger partial charge in [-0.25, -0.2) is 14.4 Å². The predicted molar refractivity (Wildman–Crippen MR) is 81.8 cm³/mol. The first-order valence-corrected chi connectivity index (χ1v) is 6.72. The summed E-state index contributed by atoms with van der Waals surface area (Å²) in [5, 5.41) is 0. The summed E-state index contributed by atoms with van der Waals surface area (Å²) in [5.41, 5.74) is -0.337. The summed E-state index contributed by atoms with van der Waals surface area (Å²) in [5.74, 6) is -0.153. The first kappa shape index (κ1) is 18.0. The van der Waals surface area contributed by atoms with E-state index in [1.54, 1.807) is 18.6 Å². The molecule has 3 aromatic rings. The average molecular weight is 361 g/mol. The third-order valence-corrected chi connectivity index (χ3v) is 3.40. The molecule has 128 valence electrons. The highest BCUT2D eigenvalue weighted by Crippen LogP contribution is 2.31. The molecule has 2 aromatic heterocycles. The van der Waals surface area contributed by atoms with Gasteiger partial charge in [0, 0.05) is 24.3 Å². The summed E-state index contributed by atoms with van der Waals surface area (Å²) >= 11 is 0. The predicted octanol–water partition coefficient (Wildman–Crippen LogP) is 4.01. The zero-order valence-electron chi connectivity index (χ0n) is 12.5. The first-order chi connectivity index (χ1) is 10.8. The fraction of sp³-hybridized carbons (Fsp3) is 0.200. The molecule has 0 N–H and O–H groups in total. The number of aryl methyl sites for hydroxylation is 1. The first-order valence-electron chi connectivity index (χ1n) is 6.72. The van der Waals surface area contributed by atoms with E-state index in [-0.39, 0.29) is 18.1 Å². The lowest BCUT2D eigenvalue weighted by Crippen LogP contribution is -2.07. The molecule has 0 spiro atoms. The summed E-state index contributed by atoms with van der Waals surface area (Å²) < 4.78 is 55.0. The number of benzene rings is 1. The molecule has 9 heteroatoms. The van der Waals surface area contributed by atoms with Gasteiger partial charge >= 0.3 is 6.18 Å². The maximum Gasteiger partial charge on any atom is 0.416 e. The molecule has 0 radical (unpaired) electrons. The van der Waals surface area contributed by atoms with Gasteiger partial charge in [-0.1, -0.05) is 0 Å². The number of nitrogens with zero attached hydrogens (tertiary/aromatic N) is 4. The standard InChI is InChI=1S/C15H12F4N4.ClH/c1-10-20-2-3-22(10)7-13-8-23(9-21-13)14-5-11(15(17,18)19)4-12(16)6-14;/h2-6,8-9H,7H2,1H3;1H. The number of halogens is 5. The fourth-order valence-electron chi connectivity index (χ4n) is 2.22. The maximum atomic E-state index is 13.5. The van der Waals surface area contributed by atoms with Crippen LogP contribution in [0.25, 0.3) is 5.69 Å². The number of hydrogen-bond donors (Lipinski definition) is 0. The molecule has 0 saturated carbocycles. The van der Waals surface area contributed by atoms with Crippen LogP contribution < -0.4 is 0 Å². The molecule has 0 saturated heterocycles. The third kappa shape index (κ3) is 3.76. The minimum atomic E-state index is -4.60. The van der Waals surface area contributed by atoms with E-state index in [2.05, 4.69) is 9.97 Å². The Morgan fingerprint density at radius 3 is 2.50 bits per heavy atom. The lowest BCUT2D eigenvalue weighted by atomic mass is 10.2. The number of imidazole rings is 2. The summed E-state index contributed by atoms with van der Waals surface area (Å²) in [4.78, 5) is 8.22. The van der Waals surface area contributed by atoms with Crippen molar-refractivity contribution in [1.82, 2.24) is 19.1 Å². The molecular formula is C15H13ClF4N4. The molecule has 4 nitrogen and oxygen atoms in total. The van der Waals surface area contributed by atoms with Gasteiger partial charge < -0.3 is 9.13 Å². The van der Waals surface area contributed by atoms with Crippen molar-refractivity contribution in [2.75, 3.05) is 0 Å². The van der Waals surface area contributed by atoms with E-state index in [0.717, 1.165) is 18.0 Å². The molecule has 0 aliphatic heterocycles. The van der Waals surface area contributed by atoms with Crippen LogP contribution >= 0.6 is 12.4 Å². The van der Waals surface area contributed by atoms with Crippen LogP contribution in [-0.4, -0.2) is 19.1 Å². The highest BCUT2D eigenvalue weighted by Gasteiger charge is 2.31. The van der Waals surface area contributed by atoms with E-state index < -0.39 is 17.6 Å². The van der Waals surface area contributed by atoms with Gasteiger partial charge in [0.1, 0.15) is 11.6 Å². The molecule has 24 heavy (non-hydrogen) atoms. The Kier molecular flexibility index (Phi) is 4.98. The maximum absolute atomic E-state index is 13.5. The van der Waals surface area contributed by atoms with E-state index in [1.165, 1.54) is 10.9 Å². The Labute approximate surface area is 141 Å². The zero-order valence-corrected chi connectivity index (χ0v) is 13.3. The van der Waals surface area contributed by atoms with Gasteiger partial charge in [0.2, 0.25) is 0 Å². The summed E-state index contributed by atoms with van der Waals surface area (Å²) in [6, 6.07) is 2.39. The Bertz CT molecular complexity index is 838. The van der Waals surface area contributed by atoms with Gasteiger partial charge in [-0.2, -0.15) is 13.2 Å². The van der Waals surface area contributed by atoms with Crippen LogP contribution in [0.2, 0.25) is 0 Å². The minimum absolute atomic E-state index is 0. The lowest BCUT2D eigenvalue weighted by molar-refractivity contribution is -0.137. The second kappa shape index (κ2) is 6.64. The molecule has 0 aliphatic rings. The van der Waals surface area contributed by atoms with Crippen molar-refractivity contribution in [1.29, 1.82) is 0 Å². The summed E-state index contributed by atoms with van der Waals surface area (Å²) in [6.45, 7) is 2.26. The summed E-state index contributed by atoms with van der Waals surface area (Å²) in [6.07, 6.45) is 1.74. The van der Waals surface area contributed by atoms with E-state index in [0.29, 0.717) is 18.3 Å². The van der Waals surface area contributed by atoms with Crippen LogP contribution in [0.3, 0.4) is 0 Å². The van der Waals surface area contributed by atoms with Crippen molar-refractivity contribution >= 4 is 12.4 Å². The van der Waals surface area contributed by atoms with E-state index in [9.17, 15) is 17.6 Å². The van der Waals surface area contributed by atoms with Gasteiger partial charge in [0.05, 0.1) is 24.1 Å². The average Bonchev–Trinajstić information content (AvgIpc) is 3.08. The van der Waals surface area contributed by atoms with Crippen LogP contribution in [0.4, 0.5) is 17.6 Å². The molecule has 2 heterocycles. The zero-order chi connectivity index (χ0) is 16.6. The van der Waals surface area contributed by atoms with Gasteiger partial charge in [-0.15, -0.1) is 12.4 Å². The quantitative estimate of drug-likeness (QED) is 0.662.